The summed E-state index contributed by atoms with van der Waals surface area (Å²) in [6.07, 6.45) is 0.735. The van der Waals surface area contributed by atoms with Gasteiger partial charge in [-0.15, -0.1) is 0 Å². The summed E-state index contributed by atoms with van der Waals surface area (Å²) in [6, 6.07) is 9.58. The summed E-state index contributed by atoms with van der Waals surface area (Å²) in [5.41, 5.74) is 3.04. The van der Waals surface area contributed by atoms with E-state index in [1.807, 2.05) is 17.0 Å². The van der Waals surface area contributed by atoms with Crippen LogP contribution in [0.5, 0.6) is 0 Å². The van der Waals surface area contributed by atoms with E-state index in [9.17, 15) is 14.7 Å². The van der Waals surface area contributed by atoms with Gasteiger partial charge in [-0.05, 0) is 31.0 Å². The van der Waals surface area contributed by atoms with Gasteiger partial charge in [0.15, 0.2) is 5.13 Å². The largest absolute Gasteiger partial charge is 0.477 e. The molecule has 2 aromatic heterocycles. The highest BCUT2D eigenvalue weighted by Crippen LogP contribution is 2.36. The number of hydrogen-bond acceptors (Lipinski definition) is 10. The van der Waals surface area contributed by atoms with Gasteiger partial charge in [0, 0.05) is 31.7 Å². The Morgan fingerprint density at radius 1 is 1.23 bits per heavy atom. The van der Waals surface area contributed by atoms with Gasteiger partial charge in [-0.25, -0.2) is 9.78 Å². The van der Waals surface area contributed by atoms with Gasteiger partial charge in [-0.1, -0.05) is 23.5 Å². The molecule has 1 aromatic carbocycles. The summed E-state index contributed by atoms with van der Waals surface area (Å²) in [5, 5.41) is 24.7. The maximum Gasteiger partial charge on any atom is 0.347 e. The lowest BCUT2D eigenvalue weighted by Crippen LogP contribution is -2.48. The topological polar surface area (TPSA) is 147 Å². The molecule has 3 N–H and O–H groups in total. The molecule has 1 saturated heterocycles. The number of carboxylic acid groups (broad SMARTS) is 1. The summed E-state index contributed by atoms with van der Waals surface area (Å²) in [4.78, 5) is 41.6. The van der Waals surface area contributed by atoms with Gasteiger partial charge in [0.25, 0.3) is 0 Å². The molecule has 178 valence electrons. The van der Waals surface area contributed by atoms with E-state index in [2.05, 4.69) is 26.6 Å². The zero-order valence-corrected chi connectivity index (χ0v) is 19.7. The van der Waals surface area contributed by atoms with Crippen LogP contribution in [0.1, 0.15) is 32.1 Å². The van der Waals surface area contributed by atoms with Crippen LogP contribution in [0.3, 0.4) is 0 Å². The van der Waals surface area contributed by atoms with Crippen molar-refractivity contribution in [2.24, 2.45) is 0 Å². The minimum atomic E-state index is -1.03. The highest BCUT2D eigenvalue weighted by molar-refractivity contribution is 7.17. The number of nitrogens with zero attached hydrogens (tertiary/aromatic N) is 6. The molecule has 4 heterocycles. The highest BCUT2D eigenvalue weighted by Gasteiger charge is 2.30. The van der Waals surface area contributed by atoms with E-state index in [-0.39, 0.29) is 17.3 Å². The number of aromatic carboxylic acids is 1. The van der Waals surface area contributed by atoms with Crippen LogP contribution in [0.25, 0.3) is 0 Å². The fourth-order valence-electron chi connectivity index (χ4n) is 4.24. The number of nitriles is 1. The summed E-state index contributed by atoms with van der Waals surface area (Å²) in [5.74, 6) is 0.659. The Kier molecular flexibility index (Phi) is 5.92. The third-order valence-electron chi connectivity index (χ3n) is 5.90. The van der Waals surface area contributed by atoms with E-state index in [1.54, 1.807) is 19.1 Å². The van der Waals surface area contributed by atoms with Crippen LogP contribution < -0.4 is 20.4 Å². The first-order valence-corrected chi connectivity index (χ1v) is 11.9. The van der Waals surface area contributed by atoms with Crippen molar-refractivity contribution in [2.45, 2.75) is 19.9 Å². The molecule has 0 unspecified atom stereocenters. The number of aryl methyl sites for hydroxylation is 1. The van der Waals surface area contributed by atoms with Gasteiger partial charge >= 0.3 is 5.97 Å². The Morgan fingerprint density at radius 2 is 2.00 bits per heavy atom. The predicted molar refractivity (Wildman–Crippen MR) is 130 cm³/mol. The second kappa shape index (κ2) is 9.19. The summed E-state index contributed by atoms with van der Waals surface area (Å²) < 4.78 is 0. The van der Waals surface area contributed by atoms with Crippen molar-refractivity contribution in [3.8, 4) is 6.07 Å². The number of rotatable bonds is 6. The molecular formula is C23H22N8O3S. The maximum absolute atomic E-state index is 12.1. The Balaban J connectivity index is 1.50. The molecule has 0 saturated carbocycles. The zero-order valence-electron chi connectivity index (χ0n) is 18.9. The third-order valence-corrected chi connectivity index (χ3v) is 6.96. The number of hydrogen-bond donors (Lipinski definition) is 3. The zero-order chi connectivity index (χ0) is 24.5. The van der Waals surface area contributed by atoms with Crippen LogP contribution in [-0.2, 0) is 17.8 Å². The lowest BCUT2D eigenvalue weighted by Gasteiger charge is -2.29. The first kappa shape index (κ1) is 22.5. The molecular weight excluding hydrogens is 468 g/mol. The number of piperazine rings is 1. The molecule has 12 heteroatoms. The Hall–Kier alpha value is -4.24. The second-order valence-electron chi connectivity index (χ2n) is 8.29. The Bertz CT molecular complexity index is 1350. The molecule has 3 aromatic rings. The minimum Gasteiger partial charge on any atom is -0.477 e. The number of carbonyl (C=O) groups is 2. The SMILES string of the molecule is Cc1nc(Nc2nc(N3CCNC(=O)C3)c3c(n2)N(Cc2ccc(C#N)cc2)CC3)sc1C(=O)O. The molecule has 0 atom stereocenters. The summed E-state index contributed by atoms with van der Waals surface area (Å²) in [7, 11) is 0. The predicted octanol–water partition coefficient (Wildman–Crippen LogP) is 2.05. The first-order chi connectivity index (χ1) is 16.9. The van der Waals surface area contributed by atoms with Crippen molar-refractivity contribution in [2.75, 3.05) is 41.3 Å². The minimum absolute atomic E-state index is 0.0628. The number of carboxylic acids is 1. The smallest absolute Gasteiger partial charge is 0.347 e. The fraction of sp³-hybridized carbons (Fsp3) is 0.304. The van der Waals surface area contributed by atoms with Crippen LogP contribution in [0.2, 0.25) is 0 Å². The number of fused-ring (bicyclic) bond motifs is 1. The summed E-state index contributed by atoms with van der Waals surface area (Å²) in [6.45, 7) is 4.35. The van der Waals surface area contributed by atoms with Crippen molar-refractivity contribution < 1.29 is 14.7 Å². The van der Waals surface area contributed by atoms with Crippen molar-refractivity contribution in [1.29, 1.82) is 5.26 Å². The van der Waals surface area contributed by atoms with Crippen molar-refractivity contribution in [3.05, 3.63) is 51.5 Å². The lowest BCUT2D eigenvalue weighted by atomic mass is 10.1. The third kappa shape index (κ3) is 4.58. The molecule has 0 bridgehead atoms. The van der Waals surface area contributed by atoms with Gasteiger partial charge in [-0.2, -0.15) is 15.2 Å². The van der Waals surface area contributed by atoms with Gasteiger partial charge in [0.1, 0.15) is 16.5 Å². The van der Waals surface area contributed by atoms with Crippen LogP contribution in [0.15, 0.2) is 24.3 Å². The second-order valence-corrected chi connectivity index (χ2v) is 9.29. The molecule has 2 aliphatic heterocycles. The van der Waals surface area contributed by atoms with Gasteiger partial charge in [0.2, 0.25) is 11.9 Å². The fourth-order valence-corrected chi connectivity index (χ4v) is 5.04. The quantitative estimate of drug-likeness (QED) is 0.469. The van der Waals surface area contributed by atoms with Gasteiger partial charge < -0.3 is 20.2 Å². The van der Waals surface area contributed by atoms with Crippen molar-refractivity contribution in [3.63, 3.8) is 0 Å². The number of nitrogens with one attached hydrogen (secondary N) is 2. The average molecular weight is 491 g/mol. The molecule has 0 aliphatic carbocycles. The van der Waals surface area contributed by atoms with Crippen LogP contribution in [0, 0.1) is 18.3 Å². The van der Waals surface area contributed by atoms with Gasteiger partial charge in [0.05, 0.1) is 23.9 Å². The number of thiazole rings is 1. The van der Waals surface area contributed by atoms with Crippen molar-refractivity contribution in [1.82, 2.24) is 20.3 Å². The monoisotopic (exact) mass is 490 g/mol. The van der Waals surface area contributed by atoms with E-state index >= 15 is 0 Å². The molecule has 5 rings (SSSR count). The Morgan fingerprint density at radius 3 is 2.69 bits per heavy atom. The van der Waals surface area contributed by atoms with E-state index < -0.39 is 5.97 Å². The number of aromatic nitrogens is 3. The van der Waals surface area contributed by atoms with E-state index in [4.69, 9.17) is 15.2 Å². The molecule has 0 radical (unpaired) electrons. The maximum atomic E-state index is 12.1. The first-order valence-electron chi connectivity index (χ1n) is 11.1. The van der Waals surface area contributed by atoms with Crippen LogP contribution >= 0.6 is 11.3 Å². The van der Waals surface area contributed by atoms with Crippen LogP contribution in [0.4, 0.5) is 22.7 Å². The molecule has 0 spiro atoms. The number of benzene rings is 1. The molecule has 1 amide bonds. The number of amides is 1. The molecule has 1 fully saturated rings. The van der Waals surface area contributed by atoms with Crippen LogP contribution in [-0.4, -0.2) is 58.1 Å². The number of carbonyl (C=O) groups excluding carboxylic acids is 1. The summed E-state index contributed by atoms with van der Waals surface area (Å²) >= 11 is 1.02. The molecule has 35 heavy (non-hydrogen) atoms. The van der Waals surface area contributed by atoms with Crippen molar-refractivity contribution >= 4 is 45.9 Å². The van der Waals surface area contributed by atoms with E-state index in [0.29, 0.717) is 47.8 Å². The average Bonchev–Trinajstić information content (AvgIpc) is 3.42. The van der Waals surface area contributed by atoms with E-state index in [0.717, 1.165) is 41.2 Å². The highest BCUT2D eigenvalue weighted by atomic mass is 32.1. The normalized spacial score (nSPS) is 14.9. The number of anilines is 4. The standard InChI is InChI=1S/C23H22N8O3S/c1-13-18(21(33)34)35-23(26-13)29-22-27-19-16(20(28-22)31-9-7-25-17(32)12-31)6-8-30(19)11-15-4-2-14(10-24)3-5-15/h2-5H,6-9,11-12H2,1H3,(H,25,32)(H,33,34)(H,26,27,28,29). The van der Waals surface area contributed by atoms with Gasteiger partial charge in [-0.3, -0.25) is 10.1 Å². The lowest BCUT2D eigenvalue weighted by molar-refractivity contribution is -0.120. The Labute approximate surface area is 205 Å². The molecule has 2 aliphatic rings. The van der Waals surface area contributed by atoms with E-state index in [1.165, 1.54) is 0 Å². The molecule has 11 nitrogen and oxygen atoms in total.